The third-order valence-corrected chi connectivity index (χ3v) is 1.36. The van der Waals surface area contributed by atoms with Gasteiger partial charge < -0.3 is 9.42 Å². The summed E-state index contributed by atoms with van der Waals surface area (Å²) in [6, 6.07) is 8.53. The second kappa shape index (κ2) is 7.25. The molecule has 13 heavy (non-hydrogen) atoms. The van der Waals surface area contributed by atoms with Crippen molar-refractivity contribution in [3.63, 3.8) is 0 Å². The van der Waals surface area contributed by atoms with Crippen LogP contribution in [0.25, 0.3) is 0 Å². The van der Waals surface area contributed by atoms with Gasteiger partial charge in [0.1, 0.15) is 5.75 Å². The molecule has 0 spiro atoms. The third-order valence-electron chi connectivity index (χ3n) is 0.948. The summed E-state index contributed by atoms with van der Waals surface area (Å²) in [7, 11) is -2.84. The Morgan fingerprint density at radius 3 is 2.23 bits per heavy atom. The Kier molecular flexibility index (Phi) is 6.46. The Labute approximate surface area is 75.4 Å². The quantitative estimate of drug-likeness (QED) is 0.429. The molecule has 1 unspecified atom stereocenters. The number of carbonyl (C=O) groups excluding carboxylic acids is 1. The van der Waals surface area contributed by atoms with Gasteiger partial charge in [0.05, 0.1) is 0 Å². The van der Waals surface area contributed by atoms with Crippen LogP contribution in [0.3, 0.4) is 0 Å². The molecule has 70 valence electrons. The van der Waals surface area contributed by atoms with Gasteiger partial charge in [0.25, 0.3) is 0 Å². The van der Waals surface area contributed by atoms with E-state index in [9.17, 15) is 4.57 Å². The molecule has 0 fully saturated rings. The molecule has 0 saturated heterocycles. The van der Waals surface area contributed by atoms with Crippen molar-refractivity contribution >= 4 is 14.3 Å². The number of hydrogen-bond donors (Lipinski definition) is 2. The predicted octanol–water partition coefficient (Wildman–Crippen LogP) is 1.35. The Morgan fingerprint density at radius 1 is 1.38 bits per heavy atom. The molecule has 0 aliphatic carbocycles. The van der Waals surface area contributed by atoms with Crippen LogP contribution in [-0.4, -0.2) is 11.0 Å². The minimum Gasteiger partial charge on any atom is -0.426 e. The predicted molar refractivity (Wildman–Crippen MR) is 46.7 cm³/mol. The smallest absolute Gasteiger partial charge is 0.365 e. The molecule has 0 saturated carbocycles. The van der Waals surface area contributed by atoms with Gasteiger partial charge in [0, 0.05) is 0 Å². The van der Waals surface area contributed by atoms with E-state index in [1.807, 2.05) is 0 Å². The topological polar surface area (TPSA) is 87.5 Å². The summed E-state index contributed by atoms with van der Waals surface area (Å²) in [5.41, 5.74) is 0. The van der Waals surface area contributed by atoms with E-state index in [0.717, 1.165) is 6.08 Å². The van der Waals surface area contributed by atoms with Gasteiger partial charge >= 0.3 is 8.25 Å². The van der Waals surface area contributed by atoms with E-state index in [1.54, 1.807) is 30.3 Å². The normalized spacial score (nSPS) is 10.2. The number of hydrogen-bond acceptors (Lipinski definition) is 4. The molecule has 0 aliphatic heterocycles. The molecule has 1 aromatic rings. The molecule has 0 aromatic heterocycles. The van der Waals surface area contributed by atoms with Gasteiger partial charge in [-0.05, 0) is 12.1 Å². The number of benzene rings is 1. The fourth-order valence-electron chi connectivity index (χ4n) is 0.589. The summed E-state index contributed by atoms with van der Waals surface area (Å²) in [5, 5.41) is 5.40. The van der Waals surface area contributed by atoms with Crippen LogP contribution < -0.4 is 4.52 Å². The summed E-state index contributed by atoms with van der Waals surface area (Å²) in [6.45, 7) is 0. The van der Waals surface area contributed by atoms with Crippen molar-refractivity contribution in [2.24, 2.45) is 0 Å². The van der Waals surface area contributed by atoms with Crippen LogP contribution in [0, 0.1) is 5.41 Å². The highest BCUT2D eigenvalue weighted by atomic mass is 31.1. The van der Waals surface area contributed by atoms with Crippen LogP contribution in [0.4, 0.5) is 0 Å². The molecule has 0 heterocycles. The Hall–Kier alpha value is -1.41. The first-order chi connectivity index (χ1) is 6.20. The molecule has 0 amide bonds. The van der Waals surface area contributed by atoms with E-state index in [4.69, 9.17) is 15.1 Å². The van der Waals surface area contributed by atoms with Crippen LogP contribution in [0.15, 0.2) is 30.3 Å². The van der Waals surface area contributed by atoms with Crippen molar-refractivity contribution < 1.29 is 18.8 Å². The van der Waals surface area contributed by atoms with E-state index in [0.29, 0.717) is 5.75 Å². The Balaban J connectivity index is 0.000000424. The second-order valence-corrected chi connectivity index (χ2v) is 2.52. The first kappa shape index (κ1) is 11.6. The van der Waals surface area contributed by atoms with E-state index >= 15 is 0 Å². The summed E-state index contributed by atoms with van der Waals surface area (Å²) >= 11 is 0. The molecule has 1 aromatic carbocycles. The van der Waals surface area contributed by atoms with E-state index in [-0.39, 0.29) is 0 Å². The largest absolute Gasteiger partial charge is 0.426 e. The van der Waals surface area contributed by atoms with Crippen molar-refractivity contribution in [2.75, 3.05) is 0 Å². The first-order valence-electron chi connectivity index (χ1n) is 3.20. The molecule has 6 heteroatoms. The van der Waals surface area contributed by atoms with Gasteiger partial charge in [-0.2, -0.15) is 0 Å². The number of isocyanates is 1. The van der Waals surface area contributed by atoms with E-state index in [1.165, 1.54) is 0 Å². The summed E-state index contributed by atoms with van der Waals surface area (Å²) in [6.07, 6.45) is 0.750. The zero-order valence-electron chi connectivity index (χ0n) is 6.56. The molecule has 5 nitrogen and oxygen atoms in total. The van der Waals surface area contributed by atoms with Gasteiger partial charge in [0.15, 0.2) is 0 Å². The van der Waals surface area contributed by atoms with Gasteiger partial charge in [-0.15, -0.1) is 0 Å². The van der Waals surface area contributed by atoms with Gasteiger partial charge in [-0.25, -0.2) is 14.8 Å². The lowest BCUT2D eigenvalue weighted by molar-refractivity contribution is 0.410. The fourth-order valence-corrected chi connectivity index (χ4v) is 0.927. The highest BCUT2D eigenvalue weighted by Gasteiger charge is 1.92. The lowest BCUT2D eigenvalue weighted by Gasteiger charge is -1.98. The van der Waals surface area contributed by atoms with Crippen LogP contribution in [-0.2, 0) is 9.36 Å². The molecule has 2 N–H and O–H groups in total. The zero-order valence-corrected chi connectivity index (χ0v) is 7.56. The first-order valence-corrected chi connectivity index (χ1v) is 4.46. The zero-order chi connectivity index (χ0) is 10.1. The third kappa shape index (κ3) is 6.97. The van der Waals surface area contributed by atoms with Gasteiger partial charge in [-0.3, -0.25) is 0 Å². The molecule has 1 rings (SSSR count). The van der Waals surface area contributed by atoms with Crippen molar-refractivity contribution in [1.82, 2.24) is 0 Å². The average molecular weight is 201 g/mol. The van der Waals surface area contributed by atoms with Crippen molar-refractivity contribution in [3.8, 4) is 5.75 Å². The maximum atomic E-state index is 10.1. The van der Waals surface area contributed by atoms with E-state index < -0.39 is 8.25 Å². The molecule has 0 radical (unpaired) electrons. The standard InChI is InChI=1S/C6H7O3P.CHNO/c7-10(8)9-6-4-2-1-3-5-6;2-1-3/h1-5,10H,(H,7,8);2H. The summed E-state index contributed by atoms with van der Waals surface area (Å²) < 4.78 is 14.6. The fraction of sp³-hybridized carbons (Fsp3) is 0. The highest BCUT2D eigenvalue weighted by molar-refractivity contribution is 7.32. The second-order valence-electron chi connectivity index (χ2n) is 1.78. The Bertz CT molecular complexity index is 295. The summed E-state index contributed by atoms with van der Waals surface area (Å²) in [4.78, 5) is 16.7. The van der Waals surface area contributed by atoms with Crippen molar-refractivity contribution in [1.29, 1.82) is 5.41 Å². The maximum Gasteiger partial charge on any atom is 0.365 e. The van der Waals surface area contributed by atoms with E-state index in [2.05, 4.69) is 4.52 Å². The molecular weight excluding hydrogens is 193 g/mol. The van der Waals surface area contributed by atoms with Crippen LogP contribution >= 0.6 is 8.25 Å². The maximum absolute atomic E-state index is 10.1. The van der Waals surface area contributed by atoms with Crippen molar-refractivity contribution in [2.45, 2.75) is 0 Å². The van der Waals surface area contributed by atoms with Crippen LogP contribution in [0.2, 0.25) is 0 Å². The number of nitrogens with one attached hydrogen (secondary N) is 1. The lowest BCUT2D eigenvalue weighted by Crippen LogP contribution is -1.77. The minimum atomic E-state index is -2.84. The SMILES string of the molecule is N=C=O.O=[PH](O)Oc1ccccc1. The molecule has 0 bridgehead atoms. The minimum absolute atomic E-state index is 0.425. The molecule has 0 aliphatic rings. The number of para-hydroxylation sites is 1. The highest BCUT2D eigenvalue weighted by Crippen LogP contribution is 2.21. The molecule has 1 atom stereocenters. The summed E-state index contributed by atoms with van der Waals surface area (Å²) in [5.74, 6) is 0.425. The van der Waals surface area contributed by atoms with Crippen LogP contribution in [0.1, 0.15) is 0 Å². The monoisotopic (exact) mass is 201 g/mol. The molecular formula is C7H8NO4P. The van der Waals surface area contributed by atoms with Crippen molar-refractivity contribution in [3.05, 3.63) is 30.3 Å². The van der Waals surface area contributed by atoms with Crippen LogP contribution in [0.5, 0.6) is 5.75 Å². The lowest BCUT2D eigenvalue weighted by atomic mass is 10.3. The van der Waals surface area contributed by atoms with Gasteiger partial charge in [0.2, 0.25) is 6.08 Å². The van der Waals surface area contributed by atoms with Gasteiger partial charge in [-0.1, -0.05) is 18.2 Å². The Morgan fingerprint density at radius 2 is 1.85 bits per heavy atom. The average Bonchev–Trinajstić information content (AvgIpc) is 2.06. The number of rotatable bonds is 2.